The minimum Gasteiger partial charge on any atom is -0.493 e. The Morgan fingerprint density at radius 2 is 1.39 bits per heavy atom. The Balaban J connectivity index is 1.52. The fourth-order valence-corrected chi connectivity index (χ4v) is 4.34. The molecule has 0 heterocycles. The second-order valence-corrected chi connectivity index (χ2v) is 9.36. The molecule has 0 aromatic heterocycles. The van der Waals surface area contributed by atoms with E-state index in [2.05, 4.69) is 36.5 Å². The van der Waals surface area contributed by atoms with E-state index in [-0.39, 0.29) is 11.9 Å². The Kier molecular flexibility index (Phi) is 12.4. The van der Waals surface area contributed by atoms with Crippen molar-refractivity contribution in [1.29, 1.82) is 0 Å². The molecular formula is C33H41NO2. The normalized spacial score (nSPS) is 11.9. The number of carbonyl (C=O) groups is 1. The molecule has 36 heavy (non-hydrogen) atoms. The van der Waals surface area contributed by atoms with E-state index in [1.165, 1.54) is 50.5 Å². The van der Waals surface area contributed by atoms with E-state index in [0.29, 0.717) is 6.61 Å². The molecule has 1 atom stereocenters. The van der Waals surface area contributed by atoms with Gasteiger partial charge in [-0.05, 0) is 36.1 Å². The summed E-state index contributed by atoms with van der Waals surface area (Å²) in [4.78, 5) is 12.9. The maximum absolute atomic E-state index is 12.9. The molecule has 1 unspecified atom stereocenters. The van der Waals surface area contributed by atoms with Crippen LogP contribution in [-0.2, 0) is 11.2 Å². The Bertz CT molecular complexity index is 1030. The SMILES string of the molecule is CCCCCCCCCCOc1ccccc1C=CC(=O)NC(Cc1ccccc1)c1ccccc1. The van der Waals surface area contributed by atoms with Crippen molar-refractivity contribution in [2.45, 2.75) is 70.8 Å². The van der Waals surface area contributed by atoms with Crippen LogP contribution in [0.25, 0.3) is 6.08 Å². The molecule has 0 bridgehead atoms. The molecule has 1 N–H and O–H groups in total. The van der Waals surface area contributed by atoms with Crippen LogP contribution in [0, 0.1) is 0 Å². The van der Waals surface area contributed by atoms with Crippen molar-refractivity contribution >= 4 is 12.0 Å². The number of benzene rings is 3. The van der Waals surface area contributed by atoms with Crippen LogP contribution in [0.15, 0.2) is 91.0 Å². The summed E-state index contributed by atoms with van der Waals surface area (Å²) in [6.45, 7) is 2.96. The monoisotopic (exact) mass is 483 g/mol. The zero-order valence-electron chi connectivity index (χ0n) is 21.7. The van der Waals surface area contributed by atoms with Gasteiger partial charge in [-0.3, -0.25) is 4.79 Å². The molecule has 0 aliphatic heterocycles. The van der Waals surface area contributed by atoms with Crippen molar-refractivity contribution in [1.82, 2.24) is 5.32 Å². The first-order chi connectivity index (χ1) is 17.8. The summed E-state index contributed by atoms with van der Waals surface area (Å²) < 4.78 is 6.06. The van der Waals surface area contributed by atoms with Crippen LogP contribution in [0.2, 0.25) is 0 Å². The Labute approximate surface area is 217 Å². The fourth-order valence-electron chi connectivity index (χ4n) is 4.34. The molecule has 0 radical (unpaired) electrons. The van der Waals surface area contributed by atoms with Crippen LogP contribution in [0.4, 0.5) is 0 Å². The maximum Gasteiger partial charge on any atom is 0.244 e. The molecule has 3 nitrogen and oxygen atoms in total. The topological polar surface area (TPSA) is 38.3 Å². The van der Waals surface area contributed by atoms with Crippen LogP contribution < -0.4 is 10.1 Å². The summed E-state index contributed by atoms with van der Waals surface area (Å²) in [5, 5.41) is 3.19. The minimum atomic E-state index is -0.113. The first-order valence-electron chi connectivity index (χ1n) is 13.6. The fraction of sp³-hybridized carbons (Fsp3) is 0.364. The van der Waals surface area contributed by atoms with Gasteiger partial charge in [0.15, 0.2) is 0 Å². The molecule has 3 aromatic carbocycles. The van der Waals surface area contributed by atoms with Crippen molar-refractivity contribution < 1.29 is 9.53 Å². The summed E-state index contributed by atoms with van der Waals surface area (Å²) in [5.41, 5.74) is 3.21. The number of unbranched alkanes of at least 4 members (excludes halogenated alkanes) is 7. The van der Waals surface area contributed by atoms with E-state index in [1.54, 1.807) is 6.08 Å². The van der Waals surface area contributed by atoms with Crippen LogP contribution in [0.5, 0.6) is 5.75 Å². The smallest absolute Gasteiger partial charge is 0.244 e. The average molecular weight is 484 g/mol. The number of amides is 1. The van der Waals surface area contributed by atoms with Crippen LogP contribution in [0.3, 0.4) is 0 Å². The molecule has 3 heteroatoms. The van der Waals surface area contributed by atoms with Gasteiger partial charge in [0.05, 0.1) is 12.6 Å². The van der Waals surface area contributed by atoms with Gasteiger partial charge >= 0.3 is 0 Å². The third kappa shape index (κ3) is 10.1. The highest BCUT2D eigenvalue weighted by atomic mass is 16.5. The highest BCUT2D eigenvalue weighted by Gasteiger charge is 2.14. The van der Waals surface area contributed by atoms with Gasteiger partial charge in [0.2, 0.25) is 5.91 Å². The van der Waals surface area contributed by atoms with Crippen molar-refractivity contribution in [3.63, 3.8) is 0 Å². The number of hydrogen-bond acceptors (Lipinski definition) is 2. The average Bonchev–Trinajstić information content (AvgIpc) is 2.92. The summed E-state index contributed by atoms with van der Waals surface area (Å²) in [5.74, 6) is 0.714. The van der Waals surface area contributed by atoms with Gasteiger partial charge in [-0.2, -0.15) is 0 Å². The highest BCUT2D eigenvalue weighted by molar-refractivity contribution is 5.92. The van der Waals surface area contributed by atoms with Gasteiger partial charge in [-0.25, -0.2) is 0 Å². The largest absolute Gasteiger partial charge is 0.493 e. The molecule has 0 aliphatic rings. The second kappa shape index (κ2) is 16.4. The van der Waals surface area contributed by atoms with E-state index in [1.807, 2.05) is 66.7 Å². The molecular weight excluding hydrogens is 442 g/mol. The molecule has 0 saturated carbocycles. The predicted octanol–water partition coefficient (Wildman–Crippen LogP) is 8.32. The standard InChI is InChI=1S/C33H41NO2/c1-2-3-4-5-6-7-8-17-26-36-32-23-16-15-22-30(32)24-25-33(35)34-31(29-20-13-10-14-21-29)27-28-18-11-9-12-19-28/h9-16,18-25,31H,2-8,17,26-27H2,1H3,(H,34,35). The molecule has 1 amide bonds. The second-order valence-electron chi connectivity index (χ2n) is 9.36. The molecule has 190 valence electrons. The number of para-hydroxylation sites is 1. The Hall–Kier alpha value is -3.33. The third-order valence-corrected chi connectivity index (χ3v) is 6.39. The van der Waals surface area contributed by atoms with E-state index < -0.39 is 0 Å². The number of hydrogen-bond donors (Lipinski definition) is 1. The number of carbonyl (C=O) groups excluding carboxylic acids is 1. The highest BCUT2D eigenvalue weighted by Crippen LogP contribution is 2.21. The lowest BCUT2D eigenvalue weighted by molar-refractivity contribution is -0.117. The summed E-state index contributed by atoms with van der Waals surface area (Å²) in [6, 6.07) is 28.2. The first-order valence-corrected chi connectivity index (χ1v) is 13.6. The summed E-state index contributed by atoms with van der Waals surface area (Å²) in [7, 11) is 0. The molecule has 0 aliphatic carbocycles. The van der Waals surface area contributed by atoms with Crippen molar-refractivity contribution in [3.05, 3.63) is 108 Å². The molecule has 0 saturated heterocycles. The summed E-state index contributed by atoms with van der Waals surface area (Å²) >= 11 is 0. The number of ether oxygens (including phenoxy) is 1. The lowest BCUT2D eigenvalue weighted by Gasteiger charge is -2.18. The van der Waals surface area contributed by atoms with Crippen LogP contribution >= 0.6 is 0 Å². The van der Waals surface area contributed by atoms with E-state index in [4.69, 9.17) is 4.74 Å². The zero-order chi connectivity index (χ0) is 25.3. The quantitative estimate of drug-likeness (QED) is 0.164. The molecule has 0 fully saturated rings. The Morgan fingerprint density at radius 1 is 0.778 bits per heavy atom. The number of nitrogens with one attached hydrogen (secondary N) is 1. The Morgan fingerprint density at radius 3 is 2.11 bits per heavy atom. The van der Waals surface area contributed by atoms with Gasteiger partial charge in [-0.15, -0.1) is 0 Å². The van der Waals surface area contributed by atoms with Gasteiger partial charge in [0.25, 0.3) is 0 Å². The molecule has 3 rings (SSSR count). The molecule has 0 spiro atoms. The van der Waals surface area contributed by atoms with Gasteiger partial charge in [0, 0.05) is 11.6 Å². The van der Waals surface area contributed by atoms with Gasteiger partial charge in [-0.1, -0.05) is 131 Å². The van der Waals surface area contributed by atoms with Crippen molar-refractivity contribution in [2.24, 2.45) is 0 Å². The van der Waals surface area contributed by atoms with Gasteiger partial charge < -0.3 is 10.1 Å². The zero-order valence-corrected chi connectivity index (χ0v) is 21.7. The minimum absolute atomic E-state index is 0.0979. The van der Waals surface area contributed by atoms with Crippen LogP contribution in [0.1, 0.15) is 81.0 Å². The van der Waals surface area contributed by atoms with E-state index >= 15 is 0 Å². The first kappa shape index (κ1) is 27.3. The number of rotatable bonds is 16. The van der Waals surface area contributed by atoms with Gasteiger partial charge in [0.1, 0.15) is 5.75 Å². The maximum atomic E-state index is 12.9. The third-order valence-electron chi connectivity index (χ3n) is 6.39. The lowest BCUT2D eigenvalue weighted by atomic mass is 9.99. The van der Waals surface area contributed by atoms with Crippen molar-refractivity contribution in [3.8, 4) is 5.75 Å². The van der Waals surface area contributed by atoms with Crippen molar-refractivity contribution in [2.75, 3.05) is 6.61 Å². The van der Waals surface area contributed by atoms with E-state index in [9.17, 15) is 4.79 Å². The molecule has 3 aromatic rings. The summed E-state index contributed by atoms with van der Waals surface area (Å²) in [6.07, 6.45) is 14.4. The predicted molar refractivity (Wildman–Crippen MR) is 151 cm³/mol. The van der Waals surface area contributed by atoms with E-state index in [0.717, 1.165) is 29.7 Å². The van der Waals surface area contributed by atoms with Crippen LogP contribution in [-0.4, -0.2) is 12.5 Å². The lowest BCUT2D eigenvalue weighted by Crippen LogP contribution is -2.28.